The first-order valence-electron chi connectivity index (χ1n) is 12.4. The van der Waals surface area contributed by atoms with Crippen LogP contribution in [-0.4, -0.2) is 51.8 Å². The molecule has 2 aromatic carbocycles. The number of aromatic nitrogens is 4. The molecule has 0 unspecified atom stereocenters. The van der Waals surface area contributed by atoms with Crippen LogP contribution in [0.25, 0.3) is 16.6 Å². The van der Waals surface area contributed by atoms with E-state index in [1.807, 2.05) is 4.90 Å². The molecule has 4 heterocycles. The number of benzene rings is 2. The highest BCUT2D eigenvalue weighted by Crippen LogP contribution is 2.31. The Bertz CT molecular complexity index is 1740. The summed E-state index contributed by atoms with van der Waals surface area (Å²) in [6, 6.07) is 9.51. The molecule has 12 heteroatoms. The molecule has 3 aromatic heterocycles. The van der Waals surface area contributed by atoms with Crippen molar-refractivity contribution in [1.29, 1.82) is 0 Å². The number of morpholine rings is 1. The fourth-order valence-electron chi connectivity index (χ4n) is 4.67. The van der Waals surface area contributed by atoms with Crippen molar-refractivity contribution >= 4 is 28.2 Å². The summed E-state index contributed by atoms with van der Waals surface area (Å²) in [6.07, 6.45) is 2.71. The number of ether oxygens (including phenoxy) is 2. The van der Waals surface area contributed by atoms with Gasteiger partial charge in [-0.25, -0.2) is 22.8 Å². The van der Waals surface area contributed by atoms with Gasteiger partial charge < -0.3 is 25.1 Å². The zero-order valence-corrected chi connectivity index (χ0v) is 21.2. The number of anilines is 2. The topological polar surface area (TPSA) is 111 Å². The van der Waals surface area contributed by atoms with Gasteiger partial charge in [0, 0.05) is 30.1 Å². The van der Waals surface area contributed by atoms with Gasteiger partial charge in [-0.2, -0.15) is 5.10 Å². The van der Waals surface area contributed by atoms with Gasteiger partial charge in [-0.3, -0.25) is 4.79 Å². The van der Waals surface area contributed by atoms with Crippen molar-refractivity contribution in [2.24, 2.45) is 0 Å². The Hall–Kier alpha value is -4.84. The molecule has 0 atom stereocenters. The number of nitrogens with two attached hydrogens (primary N) is 1. The summed E-state index contributed by atoms with van der Waals surface area (Å²) in [5.74, 6) is -3.07. The molecule has 1 saturated heterocycles. The summed E-state index contributed by atoms with van der Waals surface area (Å²) in [7, 11) is 0. The Morgan fingerprint density at radius 2 is 1.77 bits per heavy atom. The fraction of sp³-hybridized carbons (Fsp3) is 0.179. The van der Waals surface area contributed by atoms with Gasteiger partial charge in [0.2, 0.25) is 17.4 Å². The van der Waals surface area contributed by atoms with Crippen LogP contribution in [0.5, 0.6) is 11.6 Å². The normalized spacial score (nSPS) is 13.7. The number of hydrogen-bond donors (Lipinski definition) is 2. The minimum Gasteiger partial charge on any atom is -0.433 e. The van der Waals surface area contributed by atoms with Crippen molar-refractivity contribution in [2.45, 2.75) is 6.92 Å². The number of rotatable bonds is 6. The quantitative estimate of drug-likeness (QED) is 0.290. The predicted molar refractivity (Wildman–Crippen MR) is 142 cm³/mol. The maximum absolute atomic E-state index is 14.9. The van der Waals surface area contributed by atoms with Gasteiger partial charge in [-0.1, -0.05) is 6.07 Å². The number of aromatic amines is 1. The van der Waals surface area contributed by atoms with E-state index in [0.717, 1.165) is 12.1 Å². The van der Waals surface area contributed by atoms with Crippen molar-refractivity contribution in [3.8, 4) is 17.3 Å². The number of hydrogen-bond acceptors (Lipinski definition) is 7. The van der Waals surface area contributed by atoms with E-state index in [0.29, 0.717) is 54.1 Å². The SMILES string of the molecule is Cc1cc(Oc2c(F)cccc2F)ncc1-n1ncc(C(=O)c2cc3cc(F)c(N4CCOCC4)cc3[nH]2)c1N. The van der Waals surface area contributed by atoms with Crippen LogP contribution in [0.15, 0.2) is 54.9 Å². The number of para-hydroxylation sites is 1. The van der Waals surface area contributed by atoms with Gasteiger partial charge >= 0.3 is 0 Å². The van der Waals surface area contributed by atoms with E-state index >= 15 is 0 Å². The predicted octanol–water partition coefficient (Wildman–Crippen LogP) is 4.92. The standard InChI is InChI=1S/C28H23F3N6O3/c1-15-9-25(40-27-18(29)3-2-4-19(27)30)33-14-24(15)37-28(32)17(13-34-37)26(38)22-11-16-10-20(31)23(12-21(16)35-22)36-5-7-39-8-6-36/h2-4,9-14,35H,5-8,32H2,1H3. The molecule has 0 spiro atoms. The molecule has 204 valence electrons. The van der Waals surface area contributed by atoms with Gasteiger partial charge in [0.1, 0.15) is 11.6 Å². The smallest absolute Gasteiger partial charge is 0.219 e. The van der Waals surface area contributed by atoms with Crippen LogP contribution in [0, 0.1) is 24.4 Å². The van der Waals surface area contributed by atoms with Gasteiger partial charge in [-0.15, -0.1) is 0 Å². The average molecular weight is 549 g/mol. The van der Waals surface area contributed by atoms with Crippen LogP contribution in [0.3, 0.4) is 0 Å². The van der Waals surface area contributed by atoms with Crippen LogP contribution < -0.4 is 15.4 Å². The zero-order valence-electron chi connectivity index (χ0n) is 21.2. The number of nitrogens with one attached hydrogen (secondary N) is 1. The third-order valence-corrected chi connectivity index (χ3v) is 6.75. The van der Waals surface area contributed by atoms with Crippen LogP contribution >= 0.6 is 0 Å². The number of nitrogen functional groups attached to an aromatic ring is 1. The Morgan fingerprint density at radius 1 is 1.02 bits per heavy atom. The summed E-state index contributed by atoms with van der Waals surface area (Å²) >= 11 is 0. The molecular formula is C28H23F3N6O3. The van der Waals surface area contributed by atoms with Crippen LogP contribution in [-0.2, 0) is 4.74 Å². The Labute approximate surface area is 225 Å². The van der Waals surface area contributed by atoms with E-state index in [1.54, 1.807) is 19.1 Å². The Balaban J connectivity index is 1.27. The lowest BCUT2D eigenvalue weighted by atomic mass is 10.1. The van der Waals surface area contributed by atoms with E-state index in [2.05, 4.69) is 15.1 Å². The maximum Gasteiger partial charge on any atom is 0.219 e. The molecule has 3 N–H and O–H groups in total. The van der Waals surface area contributed by atoms with E-state index in [9.17, 15) is 18.0 Å². The zero-order chi connectivity index (χ0) is 28.0. The van der Waals surface area contributed by atoms with Crippen molar-refractivity contribution in [2.75, 3.05) is 36.9 Å². The number of nitrogens with zero attached hydrogens (tertiary/aromatic N) is 4. The third-order valence-electron chi connectivity index (χ3n) is 6.75. The summed E-state index contributed by atoms with van der Waals surface area (Å²) in [5.41, 5.74) is 8.74. The lowest BCUT2D eigenvalue weighted by Gasteiger charge is -2.29. The number of aryl methyl sites for hydroxylation is 1. The first-order valence-corrected chi connectivity index (χ1v) is 12.4. The molecular weight excluding hydrogens is 525 g/mol. The number of halogens is 3. The molecule has 0 radical (unpaired) electrons. The summed E-state index contributed by atoms with van der Waals surface area (Å²) in [4.78, 5) is 22.5. The van der Waals surface area contributed by atoms with E-state index in [1.165, 1.54) is 35.3 Å². The van der Waals surface area contributed by atoms with Gasteiger partial charge in [0.15, 0.2) is 11.6 Å². The largest absolute Gasteiger partial charge is 0.433 e. The number of ketones is 1. The second-order valence-corrected chi connectivity index (χ2v) is 9.32. The van der Waals surface area contributed by atoms with Gasteiger partial charge in [-0.05, 0) is 42.8 Å². The highest BCUT2D eigenvalue weighted by Gasteiger charge is 2.23. The molecule has 0 amide bonds. The van der Waals surface area contributed by atoms with Crippen LogP contribution in [0.1, 0.15) is 21.6 Å². The number of carbonyl (C=O) groups is 1. The molecule has 6 rings (SSSR count). The Morgan fingerprint density at radius 3 is 2.50 bits per heavy atom. The van der Waals surface area contributed by atoms with E-state index in [4.69, 9.17) is 15.2 Å². The molecule has 0 bridgehead atoms. The van der Waals surface area contributed by atoms with E-state index < -0.39 is 23.2 Å². The van der Waals surface area contributed by atoms with Crippen molar-refractivity contribution in [3.05, 3.63) is 89.1 Å². The fourth-order valence-corrected chi connectivity index (χ4v) is 4.67. The number of pyridine rings is 1. The highest BCUT2D eigenvalue weighted by atomic mass is 19.1. The number of carbonyl (C=O) groups excluding carboxylic acids is 1. The minimum atomic E-state index is -0.861. The lowest BCUT2D eigenvalue weighted by molar-refractivity contribution is 0.103. The maximum atomic E-state index is 14.9. The average Bonchev–Trinajstić information content (AvgIpc) is 3.53. The van der Waals surface area contributed by atoms with Crippen LogP contribution in [0.4, 0.5) is 24.7 Å². The first-order chi connectivity index (χ1) is 19.3. The molecule has 5 aromatic rings. The molecule has 9 nitrogen and oxygen atoms in total. The monoisotopic (exact) mass is 548 g/mol. The van der Waals surface area contributed by atoms with Gasteiger partial charge in [0.05, 0.1) is 48.2 Å². The van der Waals surface area contributed by atoms with Crippen molar-refractivity contribution in [1.82, 2.24) is 19.7 Å². The molecule has 40 heavy (non-hydrogen) atoms. The summed E-state index contributed by atoms with van der Waals surface area (Å²) in [6.45, 7) is 3.90. The van der Waals surface area contributed by atoms with Crippen molar-refractivity contribution < 1.29 is 27.4 Å². The highest BCUT2D eigenvalue weighted by molar-refractivity contribution is 6.12. The molecule has 0 aliphatic carbocycles. The summed E-state index contributed by atoms with van der Waals surface area (Å²) < 4.78 is 54.8. The third kappa shape index (κ3) is 4.51. The van der Waals surface area contributed by atoms with E-state index in [-0.39, 0.29) is 28.8 Å². The number of fused-ring (bicyclic) bond motifs is 1. The lowest BCUT2D eigenvalue weighted by Crippen LogP contribution is -2.36. The van der Waals surface area contributed by atoms with Gasteiger partial charge in [0.25, 0.3) is 0 Å². The second-order valence-electron chi connectivity index (χ2n) is 9.32. The second kappa shape index (κ2) is 10.0. The molecule has 1 fully saturated rings. The van der Waals surface area contributed by atoms with Crippen molar-refractivity contribution in [3.63, 3.8) is 0 Å². The number of H-pyrrole nitrogens is 1. The first kappa shape index (κ1) is 25.4. The summed E-state index contributed by atoms with van der Waals surface area (Å²) in [5, 5.41) is 4.80. The molecule has 1 aliphatic rings. The minimum absolute atomic E-state index is 0.0333. The molecule has 1 aliphatic heterocycles. The van der Waals surface area contributed by atoms with Crippen LogP contribution in [0.2, 0.25) is 0 Å². The Kier molecular flexibility index (Phi) is 6.39. The molecule has 0 saturated carbocycles.